The molecule has 2 saturated carbocycles. The molecule has 1 amide bonds. The van der Waals surface area contributed by atoms with E-state index in [2.05, 4.69) is 19.2 Å². The lowest BCUT2D eigenvalue weighted by Crippen LogP contribution is -2.72. The molecular formula is C19H32N2O3. The lowest BCUT2D eigenvalue weighted by atomic mass is 9.46. The van der Waals surface area contributed by atoms with Gasteiger partial charge in [-0.15, -0.1) is 0 Å². The number of rotatable bonds is 4. The van der Waals surface area contributed by atoms with Gasteiger partial charge in [0.2, 0.25) is 0 Å². The van der Waals surface area contributed by atoms with Crippen LogP contribution in [0.2, 0.25) is 0 Å². The second kappa shape index (κ2) is 6.49. The van der Waals surface area contributed by atoms with E-state index in [1.807, 2.05) is 4.90 Å². The summed E-state index contributed by atoms with van der Waals surface area (Å²) in [6.07, 6.45) is 7.76. The van der Waals surface area contributed by atoms with Crippen molar-refractivity contribution in [2.24, 2.45) is 17.3 Å². The molecule has 3 atom stereocenters. The number of hydrogen-bond acceptors (Lipinski definition) is 4. The molecule has 0 unspecified atom stereocenters. The van der Waals surface area contributed by atoms with Gasteiger partial charge in [-0.2, -0.15) is 0 Å². The standard InChI is InChI=1S/C19H32N2O3/c1-13(2)12-24-18(22)21-9-4-14(5-10-21)20-16-15-6-11-23-17(15)19(16)7-3-8-19/h13-17,20H,3-12H2,1-2H3/t15-,16-,17+/m1/s1. The van der Waals surface area contributed by atoms with Crippen molar-refractivity contribution in [3.8, 4) is 0 Å². The molecule has 136 valence electrons. The minimum absolute atomic E-state index is 0.134. The maximum Gasteiger partial charge on any atom is 0.409 e. The molecule has 2 saturated heterocycles. The van der Waals surface area contributed by atoms with Crippen LogP contribution in [0.4, 0.5) is 4.79 Å². The number of nitrogens with zero attached hydrogens (tertiary/aromatic N) is 1. The minimum atomic E-state index is -0.134. The largest absolute Gasteiger partial charge is 0.449 e. The first kappa shape index (κ1) is 16.6. The Bertz CT molecular complexity index is 469. The summed E-state index contributed by atoms with van der Waals surface area (Å²) in [6.45, 7) is 7.24. The topological polar surface area (TPSA) is 50.8 Å². The van der Waals surface area contributed by atoms with Crippen LogP contribution in [0.1, 0.15) is 52.4 Å². The Kier molecular flexibility index (Phi) is 4.50. The zero-order valence-electron chi connectivity index (χ0n) is 15.1. The summed E-state index contributed by atoms with van der Waals surface area (Å²) in [5, 5.41) is 3.97. The van der Waals surface area contributed by atoms with Crippen molar-refractivity contribution in [2.75, 3.05) is 26.3 Å². The minimum Gasteiger partial charge on any atom is -0.449 e. The van der Waals surface area contributed by atoms with Gasteiger partial charge in [-0.25, -0.2) is 4.79 Å². The summed E-state index contributed by atoms with van der Waals surface area (Å²) in [6, 6.07) is 1.20. The fourth-order valence-corrected chi connectivity index (χ4v) is 5.31. The molecule has 5 heteroatoms. The second-order valence-electron chi connectivity index (χ2n) is 8.71. The number of piperidine rings is 1. The molecule has 24 heavy (non-hydrogen) atoms. The molecule has 4 aliphatic rings. The van der Waals surface area contributed by atoms with Crippen LogP contribution in [0.5, 0.6) is 0 Å². The first-order chi connectivity index (χ1) is 11.6. The third-order valence-electron chi connectivity index (χ3n) is 6.74. The SMILES string of the molecule is CC(C)COC(=O)N1CCC(N[C@@H]2[C@H]3CCO[C@@H]3C23CCC3)CC1. The maximum absolute atomic E-state index is 12.1. The molecule has 2 heterocycles. The lowest BCUT2D eigenvalue weighted by molar-refractivity contribution is -0.179. The Morgan fingerprint density at radius 3 is 2.67 bits per heavy atom. The van der Waals surface area contributed by atoms with E-state index in [-0.39, 0.29) is 6.09 Å². The Hall–Kier alpha value is -0.810. The molecule has 1 spiro atoms. The monoisotopic (exact) mass is 336 g/mol. The number of amides is 1. The number of nitrogens with one attached hydrogen (secondary N) is 1. The van der Waals surface area contributed by atoms with E-state index < -0.39 is 0 Å². The van der Waals surface area contributed by atoms with E-state index in [1.54, 1.807) is 0 Å². The Balaban J connectivity index is 1.26. The molecule has 4 rings (SSSR count). The van der Waals surface area contributed by atoms with E-state index in [0.29, 0.717) is 36.1 Å². The molecule has 4 fully saturated rings. The van der Waals surface area contributed by atoms with Gasteiger partial charge in [-0.3, -0.25) is 0 Å². The summed E-state index contributed by atoms with van der Waals surface area (Å²) < 4.78 is 11.4. The normalized spacial score (nSPS) is 34.8. The Morgan fingerprint density at radius 2 is 2.04 bits per heavy atom. The average molecular weight is 336 g/mol. The highest BCUT2D eigenvalue weighted by Gasteiger charge is 2.66. The molecule has 0 radical (unpaired) electrons. The van der Waals surface area contributed by atoms with Crippen molar-refractivity contribution in [3.63, 3.8) is 0 Å². The average Bonchev–Trinajstić information content (AvgIpc) is 2.94. The molecule has 2 aliphatic heterocycles. The first-order valence-corrected chi connectivity index (χ1v) is 9.89. The fourth-order valence-electron chi connectivity index (χ4n) is 5.31. The smallest absolute Gasteiger partial charge is 0.409 e. The Morgan fingerprint density at radius 1 is 1.29 bits per heavy atom. The molecule has 5 nitrogen and oxygen atoms in total. The molecule has 1 N–H and O–H groups in total. The van der Waals surface area contributed by atoms with Crippen LogP contribution in [-0.2, 0) is 9.47 Å². The number of ether oxygens (including phenoxy) is 2. The fraction of sp³-hybridized carbons (Fsp3) is 0.947. The molecule has 0 aromatic rings. The van der Waals surface area contributed by atoms with E-state index in [0.717, 1.165) is 38.5 Å². The summed E-state index contributed by atoms with van der Waals surface area (Å²) >= 11 is 0. The maximum atomic E-state index is 12.1. The number of hydrogen-bond donors (Lipinski definition) is 1. The van der Waals surface area contributed by atoms with Gasteiger partial charge in [0.05, 0.1) is 12.7 Å². The van der Waals surface area contributed by atoms with Crippen molar-refractivity contribution >= 4 is 6.09 Å². The van der Waals surface area contributed by atoms with Gasteiger partial charge in [0.15, 0.2) is 0 Å². The number of carbonyl (C=O) groups is 1. The van der Waals surface area contributed by atoms with Crippen molar-refractivity contribution < 1.29 is 14.3 Å². The molecular weight excluding hydrogens is 304 g/mol. The van der Waals surface area contributed by atoms with E-state index in [1.165, 1.54) is 25.7 Å². The van der Waals surface area contributed by atoms with Crippen LogP contribution in [0.15, 0.2) is 0 Å². The van der Waals surface area contributed by atoms with E-state index in [4.69, 9.17) is 9.47 Å². The zero-order valence-corrected chi connectivity index (χ0v) is 15.1. The lowest BCUT2D eigenvalue weighted by Gasteiger charge is -2.64. The predicted molar refractivity (Wildman–Crippen MR) is 91.8 cm³/mol. The van der Waals surface area contributed by atoms with Gasteiger partial charge in [0, 0.05) is 43.1 Å². The van der Waals surface area contributed by atoms with Gasteiger partial charge >= 0.3 is 6.09 Å². The van der Waals surface area contributed by atoms with Gasteiger partial charge < -0.3 is 19.7 Å². The third kappa shape index (κ3) is 2.74. The van der Waals surface area contributed by atoms with E-state index in [9.17, 15) is 4.79 Å². The van der Waals surface area contributed by atoms with Gasteiger partial charge in [-0.05, 0) is 38.0 Å². The van der Waals surface area contributed by atoms with Crippen molar-refractivity contribution in [3.05, 3.63) is 0 Å². The van der Waals surface area contributed by atoms with Crippen molar-refractivity contribution in [1.29, 1.82) is 0 Å². The molecule has 2 aliphatic carbocycles. The quantitative estimate of drug-likeness (QED) is 0.858. The van der Waals surface area contributed by atoms with Crippen LogP contribution in [0.25, 0.3) is 0 Å². The predicted octanol–water partition coefficient (Wildman–Crippen LogP) is 2.79. The Labute approximate surface area is 145 Å². The molecule has 0 aromatic heterocycles. The van der Waals surface area contributed by atoms with Gasteiger partial charge in [0.1, 0.15) is 0 Å². The molecule has 0 bridgehead atoms. The number of fused-ring (bicyclic) bond motifs is 2. The number of carbonyl (C=O) groups excluding carboxylic acids is 1. The number of likely N-dealkylation sites (tertiary alicyclic amines) is 1. The van der Waals surface area contributed by atoms with Crippen LogP contribution < -0.4 is 5.32 Å². The van der Waals surface area contributed by atoms with E-state index >= 15 is 0 Å². The van der Waals surface area contributed by atoms with Crippen LogP contribution >= 0.6 is 0 Å². The summed E-state index contributed by atoms with van der Waals surface area (Å²) in [7, 11) is 0. The third-order valence-corrected chi connectivity index (χ3v) is 6.74. The second-order valence-corrected chi connectivity index (χ2v) is 8.71. The van der Waals surface area contributed by atoms with Crippen LogP contribution in [-0.4, -0.2) is 55.5 Å². The van der Waals surface area contributed by atoms with Crippen molar-refractivity contribution in [2.45, 2.75) is 70.6 Å². The first-order valence-electron chi connectivity index (χ1n) is 9.89. The van der Waals surface area contributed by atoms with Gasteiger partial charge in [0.25, 0.3) is 0 Å². The van der Waals surface area contributed by atoms with Crippen molar-refractivity contribution in [1.82, 2.24) is 10.2 Å². The highest BCUT2D eigenvalue weighted by molar-refractivity contribution is 5.67. The molecule has 0 aromatic carbocycles. The highest BCUT2D eigenvalue weighted by atomic mass is 16.6. The van der Waals surface area contributed by atoms with Crippen LogP contribution in [0.3, 0.4) is 0 Å². The highest BCUT2D eigenvalue weighted by Crippen LogP contribution is 2.62. The zero-order chi connectivity index (χ0) is 16.7. The summed E-state index contributed by atoms with van der Waals surface area (Å²) in [4.78, 5) is 14.0. The van der Waals surface area contributed by atoms with Gasteiger partial charge in [-0.1, -0.05) is 20.3 Å². The summed E-state index contributed by atoms with van der Waals surface area (Å²) in [5.74, 6) is 1.13. The summed E-state index contributed by atoms with van der Waals surface area (Å²) in [5.41, 5.74) is 0.453. The van der Waals surface area contributed by atoms with Crippen LogP contribution in [0, 0.1) is 17.3 Å².